The highest BCUT2D eigenvalue weighted by molar-refractivity contribution is 5.85. The zero-order chi connectivity index (χ0) is 12.5. The monoisotopic (exact) mass is 278 g/mol. The van der Waals surface area contributed by atoms with Crippen molar-refractivity contribution in [2.45, 2.75) is 33.1 Å². The predicted octanol–water partition coefficient (Wildman–Crippen LogP) is 1.68. The number of ether oxygens (including phenoxy) is 1. The lowest BCUT2D eigenvalue weighted by atomic mass is 9.99. The molecule has 1 N–H and O–H groups in total. The summed E-state index contributed by atoms with van der Waals surface area (Å²) in [6, 6.07) is 0. The zero-order valence-corrected chi connectivity index (χ0v) is 12.4. The minimum absolute atomic E-state index is 0. The topological polar surface area (TPSA) is 41.6 Å². The largest absolute Gasteiger partial charge is 0.465 e. The first-order chi connectivity index (χ1) is 8.26. The SMILES string of the molecule is CCCN(CC(=O)OCC)CC1CCCNC1.Cl. The van der Waals surface area contributed by atoms with Crippen LogP contribution in [0, 0.1) is 5.92 Å². The van der Waals surface area contributed by atoms with E-state index >= 15 is 0 Å². The molecule has 1 unspecified atom stereocenters. The Morgan fingerprint density at radius 2 is 2.22 bits per heavy atom. The number of nitrogens with zero attached hydrogens (tertiary/aromatic N) is 1. The van der Waals surface area contributed by atoms with E-state index in [0.717, 1.165) is 32.6 Å². The van der Waals surface area contributed by atoms with E-state index in [2.05, 4.69) is 17.1 Å². The average Bonchev–Trinajstić information content (AvgIpc) is 2.31. The van der Waals surface area contributed by atoms with Gasteiger partial charge in [0.15, 0.2) is 0 Å². The molecule has 0 aromatic heterocycles. The summed E-state index contributed by atoms with van der Waals surface area (Å²) in [5, 5.41) is 3.42. The Bertz CT molecular complexity index is 221. The van der Waals surface area contributed by atoms with Gasteiger partial charge < -0.3 is 10.1 Å². The molecule has 18 heavy (non-hydrogen) atoms. The van der Waals surface area contributed by atoms with Crippen molar-refractivity contribution in [3.8, 4) is 0 Å². The average molecular weight is 279 g/mol. The van der Waals surface area contributed by atoms with Crippen molar-refractivity contribution in [1.29, 1.82) is 0 Å². The molecule has 0 radical (unpaired) electrons. The molecule has 1 saturated heterocycles. The molecule has 0 bridgehead atoms. The van der Waals surface area contributed by atoms with Crippen molar-refractivity contribution < 1.29 is 9.53 Å². The minimum atomic E-state index is -0.0929. The lowest BCUT2D eigenvalue weighted by molar-refractivity contribution is -0.144. The van der Waals surface area contributed by atoms with Crippen LogP contribution < -0.4 is 5.32 Å². The summed E-state index contributed by atoms with van der Waals surface area (Å²) in [4.78, 5) is 13.7. The highest BCUT2D eigenvalue weighted by Gasteiger charge is 2.18. The Balaban J connectivity index is 0.00000289. The Labute approximate surface area is 117 Å². The molecule has 1 aliphatic heterocycles. The van der Waals surface area contributed by atoms with Gasteiger partial charge in [0.05, 0.1) is 13.2 Å². The number of nitrogens with one attached hydrogen (secondary N) is 1. The van der Waals surface area contributed by atoms with E-state index in [0.29, 0.717) is 19.1 Å². The van der Waals surface area contributed by atoms with Gasteiger partial charge in [-0.05, 0) is 51.7 Å². The lowest BCUT2D eigenvalue weighted by Crippen LogP contribution is -2.41. The van der Waals surface area contributed by atoms with E-state index in [4.69, 9.17) is 4.74 Å². The normalized spacial score (nSPS) is 19.4. The van der Waals surface area contributed by atoms with Gasteiger partial charge in [-0.25, -0.2) is 0 Å². The van der Waals surface area contributed by atoms with Crippen molar-refractivity contribution in [3.05, 3.63) is 0 Å². The molecular formula is C13H27ClN2O2. The van der Waals surface area contributed by atoms with Crippen molar-refractivity contribution in [1.82, 2.24) is 10.2 Å². The molecular weight excluding hydrogens is 252 g/mol. The van der Waals surface area contributed by atoms with E-state index in [1.54, 1.807) is 0 Å². The fourth-order valence-corrected chi connectivity index (χ4v) is 2.39. The number of esters is 1. The van der Waals surface area contributed by atoms with Crippen LogP contribution in [0.4, 0.5) is 0 Å². The number of hydrogen-bond donors (Lipinski definition) is 1. The van der Waals surface area contributed by atoms with Gasteiger partial charge in [-0.1, -0.05) is 6.92 Å². The Kier molecular flexibility index (Phi) is 10.4. The molecule has 1 heterocycles. The second-order valence-electron chi connectivity index (χ2n) is 4.75. The summed E-state index contributed by atoms with van der Waals surface area (Å²) in [6.07, 6.45) is 3.61. The van der Waals surface area contributed by atoms with Crippen molar-refractivity contribution in [2.24, 2.45) is 5.92 Å². The second kappa shape index (κ2) is 10.6. The fourth-order valence-electron chi connectivity index (χ4n) is 2.39. The van der Waals surface area contributed by atoms with Crippen molar-refractivity contribution in [3.63, 3.8) is 0 Å². The van der Waals surface area contributed by atoms with Crippen LogP contribution in [-0.2, 0) is 9.53 Å². The highest BCUT2D eigenvalue weighted by Crippen LogP contribution is 2.12. The van der Waals surface area contributed by atoms with Crippen LogP contribution in [0.25, 0.3) is 0 Å². The Morgan fingerprint density at radius 3 is 2.78 bits per heavy atom. The predicted molar refractivity (Wildman–Crippen MR) is 76.2 cm³/mol. The lowest BCUT2D eigenvalue weighted by Gasteiger charge is -2.29. The molecule has 0 aromatic carbocycles. The standard InChI is InChI=1S/C13H26N2O2.ClH/c1-3-8-15(11-13(16)17-4-2)10-12-6-5-7-14-9-12;/h12,14H,3-11H2,1-2H3;1H. The third kappa shape index (κ3) is 7.19. The molecule has 0 aliphatic carbocycles. The van der Waals surface area contributed by atoms with E-state index in [1.165, 1.54) is 12.8 Å². The summed E-state index contributed by atoms with van der Waals surface area (Å²) in [7, 11) is 0. The van der Waals surface area contributed by atoms with Crippen LogP contribution in [0.3, 0.4) is 0 Å². The van der Waals surface area contributed by atoms with E-state index in [1.807, 2.05) is 6.92 Å². The number of rotatable bonds is 7. The Morgan fingerprint density at radius 1 is 1.44 bits per heavy atom. The zero-order valence-electron chi connectivity index (χ0n) is 11.6. The molecule has 4 nitrogen and oxygen atoms in total. The van der Waals surface area contributed by atoms with Gasteiger partial charge in [0.25, 0.3) is 0 Å². The molecule has 0 aromatic rings. The van der Waals surface area contributed by atoms with Gasteiger partial charge in [0, 0.05) is 6.54 Å². The van der Waals surface area contributed by atoms with Crippen LogP contribution in [0.15, 0.2) is 0 Å². The molecule has 1 aliphatic rings. The summed E-state index contributed by atoms with van der Waals surface area (Å²) in [5.74, 6) is 0.592. The van der Waals surface area contributed by atoms with E-state index < -0.39 is 0 Å². The highest BCUT2D eigenvalue weighted by atomic mass is 35.5. The molecule has 0 amide bonds. The molecule has 0 spiro atoms. The molecule has 108 valence electrons. The van der Waals surface area contributed by atoms with Gasteiger partial charge in [-0.3, -0.25) is 9.69 Å². The van der Waals surface area contributed by atoms with Gasteiger partial charge in [0.1, 0.15) is 0 Å². The molecule has 5 heteroatoms. The van der Waals surface area contributed by atoms with Crippen LogP contribution >= 0.6 is 12.4 Å². The number of hydrogen-bond acceptors (Lipinski definition) is 4. The van der Waals surface area contributed by atoms with Gasteiger partial charge in [0.2, 0.25) is 0 Å². The smallest absolute Gasteiger partial charge is 0.320 e. The maximum absolute atomic E-state index is 11.5. The number of carbonyl (C=O) groups excluding carboxylic acids is 1. The quantitative estimate of drug-likeness (QED) is 0.720. The second-order valence-corrected chi connectivity index (χ2v) is 4.75. The van der Waals surface area contributed by atoms with Crippen LogP contribution in [-0.4, -0.2) is 50.2 Å². The first-order valence-corrected chi connectivity index (χ1v) is 6.85. The summed E-state index contributed by atoms with van der Waals surface area (Å²) in [5.41, 5.74) is 0. The Hall–Kier alpha value is -0.320. The van der Waals surface area contributed by atoms with Gasteiger partial charge in [-0.2, -0.15) is 0 Å². The molecule has 1 rings (SSSR count). The molecule has 0 saturated carbocycles. The van der Waals surface area contributed by atoms with Gasteiger partial charge >= 0.3 is 5.97 Å². The molecule has 1 atom stereocenters. The number of carbonyl (C=O) groups is 1. The maximum Gasteiger partial charge on any atom is 0.320 e. The van der Waals surface area contributed by atoms with Gasteiger partial charge in [-0.15, -0.1) is 12.4 Å². The summed E-state index contributed by atoms with van der Waals surface area (Å²) in [6.45, 7) is 9.15. The van der Waals surface area contributed by atoms with E-state index in [9.17, 15) is 4.79 Å². The minimum Gasteiger partial charge on any atom is -0.465 e. The first-order valence-electron chi connectivity index (χ1n) is 6.85. The summed E-state index contributed by atoms with van der Waals surface area (Å²) < 4.78 is 5.01. The maximum atomic E-state index is 11.5. The third-order valence-corrected chi connectivity index (χ3v) is 3.11. The van der Waals surface area contributed by atoms with Crippen LogP contribution in [0.5, 0.6) is 0 Å². The molecule has 1 fully saturated rings. The van der Waals surface area contributed by atoms with Crippen molar-refractivity contribution >= 4 is 18.4 Å². The number of halogens is 1. The summed E-state index contributed by atoms with van der Waals surface area (Å²) >= 11 is 0. The first kappa shape index (κ1) is 17.7. The van der Waals surface area contributed by atoms with Crippen LogP contribution in [0.2, 0.25) is 0 Å². The van der Waals surface area contributed by atoms with Crippen LogP contribution in [0.1, 0.15) is 33.1 Å². The van der Waals surface area contributed by atoms with Crippen molar-refractivity contribution in [2.75, 3.05) is 39.3 Å². The van der Waals surface area contributed by atoms with E-state index in [-0.39, 0.29) is 18.4 Å². The third-order valence-electron chi connectivity index (χ3n) is 3.11. The number of piperidine rings is 1. The fraction of sp³-hybridized carbons (Fsp3) is 0.923.